The van der Waals surface area contributed by atoms with Crippen LogP contribution in [0.4, 0.5) is 0 Å². The summed E-state index contributed by atoms with van der Waals surface area (Å²) in [6.45, 7) is 5.29. The van der Waals surface area contributed by atoms with E-state index in [9.17, 15) is 13.2 Å². The van der Waals surface area contributed by atoms with Crippen LogP contribution in [0.5, 0.6) is 0 Å². The summed E-state index contributed by atoms with van der Waals surface area (Å²) in [5, 5.41) is 0. The van der Waals surface area contributed by atoms with Gasteiger partial charge in [-0.2, -0.15) is 8.42 Å². The van der Waals surface area contributed by atoms with E-state index in [0.29, 0.717) is 0 Å². The van der Waals surface area contributed by atoms with Crippen molar-refractivity contribution in [2.75, 3.05) is 19.5 Å². The number of esters is 1. The van der Waals surface area contributed by atoms with E-state index in [4.69, 9.17) is 23.1 Å². The SMILES string of the molecule is CCOC(=O)C[C@H]1[C@H]2OC(C)(C)O[C@H]2O[C@@H]1COS(C)(=O)=O. The van der Waals surface area contributed by atoms with E-state index in [1.807, 2.05) is 0 Å². The van der Waals surface area contributed by atoms with Gasteiger partial charge < -0.3 is 18.9 Å². The first-order valence-corrected chi connectivity index (χ1v) is 8.94. The van der Waals surface area contributed by atoms with E-state index < -0.39 is 46.3 Å². The van der Waals surface area contributed by atoms with Crippen LogP contribution in [0.15, 0.2) is 0 Å². The molecule has 0 amide bonds. The first-order chi connectivity index (χ1) is 10.1. The molecule has 0 unspecified atom stereocenters. The van der Waals surface area contributed by atoms with Gasteiger partial charge in [0.05, 0.1) is 32.0 Å². The molecular weight excluding hydrogens is 316 g/mol. The van der Waals surface area contributed by atoms with Gasteiger partial charge in [0.15, 0.2) is 12.1 Å². The molecule has 0 bridgehead atoms. The second kappa shape index (κ2) is 6.40. The van der Waals surface area contributed by atoms with E-state index in [2.05, 4.69) is 0 Å². The molecule has 0 aromatic carbocycles. The Hall–Kier alpha value is -0.740. The summed E-state index contributed by atoms with van der Waals surface area (Å²) in [6, 6.07) is 0. The van der Waals surface area contributed by atoms with Gasteiger partial charge in [0, 0.05) is 5.92 Å². The summed E-state index contributed by atoms with van der Waals surface area (Å²) >= 11 is 0. The van der Waals surface area contributed by atoms with Crippen molar-refractivity contribution in [3.63, 3.8) is 0 Å². The number of carbonyl (C=O) groups is 1. The predicted octanol–water partition coefficient (Wildman–Crippen LogP) is 0.408. The summed E-state index contributed by atoms with van der Waals surface area (Å²) < 4.78 is 49.0. The van der Waals surface area contributed by atoms with E-state index in [1.165, 1.54) is 0 Å². The fourth-order valence-corrected chi connectivity index (χ4v) is 3.03. The van der Waals surface area contributed by atoms with Crippen LogP contribution in [0, 0.1) is 5.92 Å². The van der Waals surface area contributed by atoms with Crippen LogP contribution in [0.2, 0.25) is 0 Å². The van der Waals surface area contributed by atoms with Crippen LogP contribution in [0.25, 0.3) is 0 Å². The third kappa shape index (κ3) is 4.39. The first-order valence-electron chi connectivity index (χ1n) is 7.12. The quantitative estimate of drug-likeness (QED) is 0.507. The van der Waals surface area contributed by atoms with E-state index in [-0.39, 0.29) is 19.6 Å². The van der Waals surface area contributed by atoms with Crippen molar-refractivity contribution in [2.24, 2.45) is 5.92 Å². The molecule has 0 aromatic rings. The third-order valence-electron chi connectivity index (χ3n) is 3.45. The molecular formula is C13H22O8S. The molecule has 2 fully saturated rings. The number of rotatable bonds is 6. The molecule has 0 saturated carbocycles. The summed E-state index contributed by atoms with van der Waals surface area (Å²) in [5.41, 5.74) is 0. The van der Waals surface area contributed by atoms with Gasteiger partial charge in [-0.1, -0.05) is 0 Å². The van der Waals surface area contributed by atoms with Crippen LogP contribution in [0.1, 0.15) is 27.2 Å². The lowest BCUT2D eigenvalue weighted by Gasteiger charge is -2.24. The number of hydrogen-bond acceptors (Lipinski definition) is 8. The van der Waals surface area contributed by atoms with Crippen molar-refractivity contribution in [1.29, 1.82) is 0 Å². The van der Waals surface area contributed by atoms with Gasteiger partial charge in [0.2, 0.25) is 0 Å². The number of fused-ring (bicyclic) bond motifs is 1. The minimum atomic E-state index is -3.60. The molecule has 128 valence electrons. The molecule has 9 heteroatoms. The lowest BCUT2D eigenvalue weighted by atomic mass is 9.95. The van der Waals surface area contributed by atoms with E-state index >= 15 is 0 Å². The lowest BCUT2D eigenvalue weighted by Crippen LogP contribution is -2.34. The van der Waals surface area contributed by atoms with E-state index in [0.717, 1.165) is 6.26 Å². The zero-order chi connectivity index (χ0) is 16.5. The lowest BCUT2D eigenvalue weighted by molar-refractivity contribution is -0.213. The van der Waals surface area contributed by atoms with Crippen molar-refractivity contribution in [1.82, 2.24) is 0 Å². The summed E-state index contributed by atoms with van der Waals surface area (Å²) in [5.74, 6) is -1.60. The van der Waals surface area contributed by atoms with E-state index in [1.54, 1.807) is 20.8 Å². The highest BCUT2D eigenvalue weighted by molar-refractivity contribution is 7.85. The molecule has 0 spiro atoms. The molecule has 2 aliphatic heterocycles. The number of hydrogen-bond donors (Lipinski definition) is 0. The average molecular weight is 338 g/mol. The topological polar surface area (TPSA) is 97.4 Å². The Morgan fingerprint density at radius 3 is 2.55 bits per heavy atom. The smallest absolute Gasteiger partial charge is 0.306 e. The zero-order valence-electron chi connectivity index (χ0n) is 13.1. The maximum atomic E-state index is 11.8. The van der Waals surface area contributed by atoms with Gasteiger partial charge >= 0.3 is 5.97 Å². The van der Waals surface area contributed by atoms with Crippen molar-refractivity contribution < 1.29 is 36.3 Å². The molecule has 0 N–H and O–H groups in total. The molecule has 0 aliphatic carbocycles. The van der Waals surface area contributed by atoms with Crippen LogP contribution < -0.4 is 0 Å². The Kier molecular flexibility index (Phi) is 5.13. The van der Waals surface area contributed by atoms with Crippen LogP contribution in [0.3, 0.4) is 0 Å². The monoisotopic (exact) mass is 338 g/mol. The highest BCUT2D eigenvalue weighted by Crippen LogP contribution is 2.42. The van der Waals surface area contributed by atoms with Gasteiger partial charge in [-0.15, -0.1) is 0 Å². The standard InChI is InChI=1S/C13H22O8S/c1-5-17-10(14)6-8-9(7-18-22(4,15)16)19-12-11(8)20-13(2,3)21-12/h8-9,11-12H,5-7H2,1-4H3/t8-,9-,11-,12-/m1/s1. The first kappa shape index (κ1) is 17.6. The molecule has 8 nitrogen and oxygen atoms in total. The third-order valence-corrected chi connectivity index (χ3v) is 4.01. The Labute approximate surface area is 130 Å². The highest BCUT2D eigenvalue weighted by Gasteiger charge is 2.55. The molecule has 0 aromatic heterocycles. The highest BCUT2D eigenvalue weighted by atomic mass is 32.2. The Balaban J connectivity index is 2.07. The molecule has 2 saturated heterocycles. The fraction of sp³-hybridized carbons (Fsp3) is 0.923. The number of carbonyl (C=O) groups excluding carboxylic acids is 1. The second-order valence-electron chi connectivity index (χ2n) is 5.80. The molecule has 2 aliphatic rings. The maximum absolute atomic E-state index is 11.8. The molecule has 2 heterocycles. The van der Waals surface area contributed by atoms with Crippen molar-refractivity contribution >= 4 is 16.1 Å². The summed E-state index contributed by atoms with van der Waals surface area (Å²) in [7, 11) is -3.60. The van der Waals surface area contributed by atoms with Gasteiger partial charge in [0.1, 0.15) is 6.10 Å². The number of ether oxygens (including phenoxy) is 4. The molecule has 0 radical (unpaired) electrons. The predicted molar refractivity (Wildman–Crippen MR) is 74.2 cm³/mol. The van der Waals surface area contributed by atoms with Crippen molar-refractivity contribution in [2.45, 2.75) is 51.5 Å². The fourth-order valence-electron chi connectivity index (χ4n) is 2.65. The van der Waals surface area contributed by atoms with Crippen LogP contribution >= 0.6 is 0 Å². The second-order valence-corrected chi connectivity index (χ2v) is 7.45. The molecule has 2 rings (SSSR count). The van der Waals surface area contributed by atoms with Gasteiger partial charge in [-0.05, 0) is 20.8 Å². The maximum Gasteiger partial charge on any atom is 0.306 e. The Morgan fingerprint density at radius 2 is 1.95 bits per heavy atom. The normalized spacial score (nSPS) is 33.6. The Morgan fingerprint density at radius 1 is 1.27 bits per heavy atom. The van der Waals surface area contributed by atoms with Gasteiger partial charge in [0.25, 0.3) is 10.1 Å². The summed E-state index contributed by atoms with van der Waals surface area (Å²) in [6.07, 6.45) is -0.730. The minimum absolute atomic E-state index is 0.0479. The molecule has 22 heavy (non-hydrogen) atoms. The largest absolute Gasteiger partial charge is 0.466 e. The summed E-state index contributed by atoms with van der Waals surface area (Å²) in [4.78, 5) is 11.8. The zero-order valence-corrected chi connectivity index (χ0v) is 13.9. The Bertz CT molecular complexity index is 514. The van der Waals surface area contributed by atoms with Gasteiger partial charge in [-0.25, -0.2) is 0 Å². The van der Waals surface area contributed by atoms with Crippen molar-refractivity contribution in [3.05, 3.63) is 0 Å². The molecule has 4 atom stereocenters. The van der Waals surface area contributed by atoms with Crippen LogP contribution in [-0.4, -0.2) is 58.1 Å². The van der Waals surface area contributed by atoms with Crippen molar-refractivity contribution in [3.8, 4) is 0 Å². The minimum Gasteiger partial charge on any atom is -0.466 e. The average Bonchev–Trinajstić information content (AvgIpc) is 2.80. The van der Waals surface area contributed by atoms with Gasteiger partial charge in [-0.3, -0.25) is 8.98 Å². The van der Waals surface area contributed by atoms with Crippen LogP contribution in [-0.2, 0) is 38.0 Å².